The highest BCUT2D eigenvalue weighted by molar-refractivity contribution is 5.88. The van der Waals surface area contributed by atoms with Crippen LogP contribution in [0.2, 0.25) is 0 Å². The van der Waals surface area contributed by atoms with E-state index in [0.29, 0.717) is 11.8 Å². The molecule has 0 bridgehead atoms. The van der Waals surface area contributed by atoms with Gasteiger partial charge in [0.25, 0.3) is 0 Å². The maximum atomic E-state index is 13.0. The summed E-state index contributed by atoms with van der Waals surface area (Å²) in [6, 6.07) is 8.97. The van der Waals surface area contributed by atoms with Gasteiger partial charge in [0.05, 0.1) is 0 Å². The fourth-order valence-corrected chi connectivity index (χ4v) is 3.80. The minimum absolute atomic E-state index is 0. The lowest BCUT2D eigenvalue weighted by molar-refractivity contribution is -0.138. The van der Waals surface area contributed by atoms with Gasteiger partial charge in [0.1, 0.15) is 6.04 Å². The molecule has 5 nitrogen and oxygen atoms in total. The van der Waals surface area contributed by atoms with Crippen molar-refractivity contribution < 1.29 is 9.59 Å². The summed E-state index contributed by atoms with van der Waals surface area (Å²) in [7, 11) is 0. The molecular formula is C19H28ClN3O2. The lowest BCUT2D eigenvalue weighted by atomic mass is 9.77. The quantitative estimate of drug-likeness (QED) is 0.860. The average molecular weight is 366 g/mol. The Morgan fingerprint density at radius 2 is 1.88 bits per heavy atom. The van der Waals surface area contributed by atoms with Crippen LogP contribution >= 0.6 is 12.4 Å². The average Bonchev–Trinajstić information content (AvgIpc) is 3.08. The highest BCUT2D eigenvalue weighted by atomic mass is 35.5. The van der Waals surface area contributed by atoms with Crippen molar-refractivity contribution in [2.45, 2.75) is 38.6 Å². The summed E-state index contributed by atoms with van der Waals surface area (Å²) in [6.07, 6.45) is 3.69. The molecule has 1 aromatic carbocycles. The largest absolute Gasteiger partial charge is 0.341 e. The van der Waals surface area contributed by atoms with E-state index in [2.05, 4.69) is 10.6 Å². The van der Waals surface area contributed by atoms with E-state index in [0.717, 1.165) is 44.6 Å². The number of rotatable bonds is 4. The van der Waals surface area contributed by atoms with E-state index in [1.165, 1.54) is 6.42 Å². The molecule has 1 unspecified atom stereocenters. The smallest absolute Gasteiger partial charge is 0.249 e. The van der Waals surface area contributed by atoms with Gasteiger partial charge < -0.3 is 15.5 Å². The van der Waals surface area contributed by atoms with Crippen molar-refractivity contribution in [3.8, 4) is 0 Å². The van der Waals surface area contributed by atoms with Crippen molar-refractivity contribution in [3.63, 3.8) is 0 Å². The minimum atomic E-state index is -0.575. The van der Waals surface area contributed by atoms with Crippen molar-refractivity contribution in [1.29, 1.82) is 0 Å². The van der Waals surface area contributed by atoms with Crippen molar-refractivity contribution in [1.82, 2.24) is 15.5 Å². The van der Waals surface area contributed by atoms with Crippen molar-refractivity contribution in [2.75, 3.05) is 26.2 Å². The molecule has 6 heteroatoms. The molecule has 3 rings (SSSR count). The molecule has 0 saturated carbocycles. The van der Waals surface area contributed by atoms with Crippen LogP contribution in [0, 0.1) is 5.41 Å². The number of nitrogens with one attached hydrogen (secondary N) is 2. The maximum absolute atomic E-state index is 13.0. The highest BCUT2D eigenvalue weighted by Gasteiger charge is 2.39. The molecule has 2 heterocycles. The van der Waals surface area contributed by atoms with Gasteiger partial charge in [0, 0.05) is 26.1 Å². The monoisotopic (exact) mass is 365 g/mol. The van der Waals surface area contributed by atoms with E-state index in [-0.39, 0.29) is 24.2 Å². The number of likely N-dealkylation sites (tertiary alicyclic amines) is 1. The van der Waals surface area contributed by atoms with Crippen LogP contribution in [-0.4, -0.2) is 42.9 Å². The van der Waals surface area contributed by atoms with E-state index in [1.807, 2.05) is 35.2 Å². The molecule has 1 spiro atoms. The Morgan fingerprint density at radius 3 is 2.44 bits per heavy atom. The number of hydrogen-bond donors (Lipinski definition) is 2. The second-order valence-corrected chi connectivity index (χ2v) is 7.02. The van der Waals surface area contributed by atoms with Gasteiger partial charge in [-0.15, -0.1) is 12.4 Å². The Hall–Kier alpha value is -1.59. The van der Waals surface area contributed by atoms with E-state index < -0.39 is 6.04 Å². The first kappa shape index (κ1) is 19.7. The summed E-state index contributed by atoms with van der Waals surface area (Å²) in [5, 5.41) is 6.35. The minimum Gasteiger partial charge on any atom is -0.341 e. The SMILES string of the molecule is CCC(=O)NC(C(=O)N1CCC2(CCNC2)CC1)c1ccccc1.Cl. The standard InChI is InChI=1S/C19H27N3O2.ClH/c1-2-16(23)21-17(15-6-4-3-5-7-15)18(24)22-12-9-19(10-13-22)8-11-20-14-19;/h3-7,17,20H,2,8-14H2,1H3,(H,21,23);1H. The van der Waals surface area contributed by atoms with Crippen molar-refractivity contribution in [2.24, 2.45) is 5.41 Å². The van der Waals surface area contributed by atoms with Crippen LogP contribution in [0.15, 0.2) is 30.3 Å². The Kier molecular flexibility index (Phi) is 6.85. The number of carbonyl (C=O) groups is 2. The summed E-state index contributed by atoms with van der Waals surface area (Å²) >= 11 is 0. The Bertz CT molecular complexity index is 578. The number of piperidine rings is 1. The molecule has 2 N–H and O–H groups in total. The first-order valence-corrected chi connectivity index (χ1v) is 8.97. The zero-order chi connectivity index (χ0) is 17.0. The molecule has 1 aromatic rings. The molecule has 0 aromatic heterocycles. The zero-order valence-electron chi connectivity index (χ0n) is 14.8. The fraction of sp³-hybridized carbons (Fsp3) is 0.579. The third-order valence-electron chi connectivity index (χ3n) is 5.47. The van der Waals surface area contributed by atoms with Gasteiger partial charge in [-0.3, -0.25) is 9.59 Å². The van der Waals surface area contributed by atoms with Crippen molar-refractivity contribution in [3.05, 3.63) is 35.9 Å². The van der Waals surface area contributed by atoms with Crippen LogP contribution in [0.4, 0.5) is 0 Å². The summed E-state index contributed by atoms with van der Waals surface area (Å²) in [6.45, 7) is 5.54. The van der Waals surface area contributed by atoms with Gasteiger partial charge in [-0.2, -0.15) is 0 Å². The summed E-state index contributed by atoms with van der Waals surface area (Å²) < 4.78 is 0. The normalized spacial score (nSPS) is 20.0. The third kappa shape index (κ3) is 4.53. The highest BCUT2D eigenvalue weighted by Crippen LogP contribution is 2.37. The second kappa shape index (κ2) is 8.68. The number of halogens is 1. The topological polar surface area (TPSA) is 61.4 Å². The van der Waals surface area contributed by atoms with Gasteiger partial charge in [0.2, 0.25) is 11.8 Å². The Balaban J connectivity index is 0.00000225. The molecule has 0 radical (unpaired) electrons. The molecular weight excluding hydrogens is 338 g/mol. The van der Waals surface area contributed by atoms with Gasteiger partial charge >= 0.3 is 0 Å². The molecule has 138 valence electrons. The third-order valence-corrected chi connectivity index (χ3v) is 5.47. The number of benzene rings is 1. The van der Waals surface area contributed by atoms with Gasteiger partial charge in [0.15, 0.2) is 0 Å². The van der Waals surface area contributed by atoms with Crippen LogP contribution in [0.5, 0.6) is 0 Å². The van der Waals surface area contributed by atoms with Crippen LogP contribution in [0.25, 0.3) is 0 Å². The zero-order valence-corrected chi connectivity index (χ0v) is 15.6. The number of amides is 2. The number of hydrogen-bond acceptors (Lipinski definition) is 3. The first-order chi connectivity index (χ1) is 11.6. The van der Waals surface area contributed by atoms with Gasteiger partial charge in [-0.25, -0.2) is 0 Å². The number of nitrogens with zero attached hydrogens (tertiary/aromatic N) is 1. The summed E-state index contributed by atoms with van der Waals surface area (Å²) in [4.78, 5) is 26.9. The molecule has 2 amide bonds. The van der Waals surface area contributed by atoms with Crippen LogP contribution in [0.3, 0.4) is 0 Å². The Morgan fingerprint density at radius 1 is 1.20 bits per heavy atom. The van der Waals surface area contributed by atoms with E-state index >= 15 is 0 Å². The molecule has 2 aliphatic heterocycles. The lowest BCUT2D eigenvalue weighted by Crippen LogP contribution is -2.48. The maximum Gasteiger partial charge on any atom is 0.249 e. The second-order valence-electron chi connectivity index (χ2n) is 7.02. The molecule has 2 saturated heterocycles. The van der Waals surface area contributed by atoms with Crippen LogP contribution < -0.4 is 10.6 Å². The molecule has 2 fully saturated rings. The Labute approximate surface area is 155 Å². The molecule has 25 heavy (non-hydrogen) atoms. The first-order valence-electron chi connectivity index (χ1n) is 8.97. The van der Waals surface area contributed by atoms with Gasteiger partial charge in [-0.1, -0.05) is 37.3 Å². The predicted molar refractivity (Wildman–Crippen MR) is 101 cm³/mol. The molecule has 2 aliphatic rings. The van der Waals surface area contributed by atoms with E-state index in [9.17, 15) is 9.59 Å². The lowest BCUT2D eigenvalue weighted by Gasteiger charge is -2.40. The number of carbonyl (C=O) groups excluding carboxylic acids is 2. The van der Waals surface area contributed by atoms with E-state index in [1.54, 1.807) is 6.92 Å². The molecule has 1 atom stereocenters. The molecule has 0 aliphatic carbocycles. The van der Waals surface area contributed by atoms with Crippen LogP contribution in [-0.2, 0) is 9.59 Å². The fourth-order valence-electron chi connectivity index (χ4n) is 3.80. The predicted octanol–water partition coefficient (Wildman–Crippen LogP) is 2.28. The van der Waals surface area contributed by atoms with Crippen LogP contribution in [0.1, 0.15) is 44.2 Å². The summed E-state index contributed by atoms with van der Waals surface area (Å²) in [5.74, 6) is -0.0746. The van der Waals surface area contributed by atoms with Crippen molar-refractivity contribution >= 4 is 24.2 Å². The summed E-state index contributed by atoms with van der Waals surface area (Å²) in [5.41, 5.74) is 1.23. The van der Waals surface area contributed by atoms with E-state index in [4.69, 9.17) is 0 Å². The van der Waals surface area contributed by atoms with Gasteiger partial charge in [-0.05, 0) is 36.8 Å².